The van der Waals surface area contributed by atoms with Gasteiger partial charge in [-0.05, 0) is 27.7 Å². The summed E-state index contributed by atoms with van der Waals surface area (Å²) in [7, 11) is -3.03. The van der Waals surface area contributed by atoms with Gasteiger partial charge in [0.25, 0.3) is 0 Å². The van der Waals surface area contributed by atoms with Crippen LogP contribution in [-0.4, -0.2) is 18.5 Å². The van der Waals surface area contributed by atoms with Crippen LogP contribution in [0.4, 0.5) is 0 Å². The molecule has 0 fully saturated rings. The van der Waals surface area contributed by atoms with Gasteiger partial charge in [-0.3, -0.25) is 4.57 Å². The van der Waals surface area contributed by atoms with Crippen molar-refractivity contribution in [3.63, 3.8) is 0 Å². The summed E-state index contributed by atoms with van der Waals surface area (Å²) in [6.07, 6.45) is -0.320. The topological polar surface area (TPSA) is 61.5 Å². The Bertz CT molecular complexity index is 161. The van der Waals surface area contributed by atoms with Gasteiger partial charge in [-0.15, -0.1) is 12.4 Å². The zero-order valence-corrected chi connectivity index (χ0v) is 10.2. The first-order chi connectivity index (χ1) is 5.39. The molecule has 2 N–H and O–H groups in total. The van der Waals surface area contributed by atoms with Gasteiger partial charge in [0.2, 0.25) is 0 Å². The van der Waals surface area contributed by atoms with Crippen LogP contribution in [0.25, 0.3) is 0 Å². The van der Waals surface area contributed by atoms with Crippen LogP contribution in [0, 0.1) is 0 Å². The quantitative estimate of drug-likeness (QED) is 0.738. The van der Waals surface area contributed by atoms with Crippen LogP contribution in [0.5, 0.6) is 0 Å². The molecule has 6 heteroatoms. The van der Waals surface area contributed by atoms with Crippen molar-refractivity contribution in [1.82, 2.24) is 0 Å². The Labute approximate surface area is 86.1 Å². The van der Waals surface area contributed by atoms with E-state index >= 15 is 0 Å². The van der Waals surface area contributed by atoms with Crippen LogP contribution in [0.3, 0.4) is 0 Å². The normalized spacial score (nSPS) is 11.9. The molecule has 0 rings (SSSR count). The zero-order valence-electron chi connectivity index (χ0n) is 8.52. The van der Waals surface area contributed by atoms with Gasteiger partial charge < -0.3 is 14.8 Å². The van der Waals surface area contributed by atoms with Gasteiger partial charge in [-0.25, -0.2) is 0 Å². The molecule has 0 aromatic carbocycles. The van der Waals surface area contributed by atoms with E-state index < -0.39 is 7.60 Å². The molecule has 0 aromatic heterocycles. The first-order valence-electron chi connectivity index (χ1n) is 4.05. The van der Waals surface area contributed by atoms with Gasteiger partial charge in [0.1, 0.15) is 0 Å². The van der Waals surface area contributed by atoms with Crippen LogP contribution in [0.2, 0.25) is 0 Å². The third-order valence-corrected chi connectivity index (χ3v) is 2.90. The van der Waals surface area contributed by atoms with Gasteiger partial charge in [0, 0.05) is 0 Å². The van der Waals surface area contributed by atoms with E-state index in [-0.39, 0.29) is 30.9 Å². The van der Waals surface area contributed by atoms with Crippen LogP contribution < -0.4 is 5.73 Å². The summed E-state index contributed by atoms with van der Waals surface area (Å²) >= 11 is 0. The van der Waals surface area contributed by atoms with Crippen LogP contribution in [0.15, 0.2) is 0 Å². The number of halogens is 1. The fourth-order valence-corrected chi connectivity index (χ4v) is 2.26. The largest absolute Gasteiger partial charge is 0.344 e. The second-order valence-electron chi connectivity index (χ2n) is 3.10. The highest BCUT2D eigenvalue weighted by Gasteiger charge is 2.25. The summed E-state index contributed by atoms with van der Waals surface area (Å²) in [5.74, 6) is 0. The van der Waals surface area contributed by atoms with Crippen molar-refractivity contribution in [3.8, 4) is 0 Å². The number of nitrogens with two attached hydrogens (primary N) is 1. The molecule has 0 atom stereocenters. The van der Waals surface area contributed by atoms with E-state index in [1.165, 1.54) is 0 Å². The Morgan fingerprint density at radius 3 is 1.62 bits per heavy atom. The van der Waals surface area contributed by atoms with E-state index in [0.29, 0.717) is 0 Å². The highest BCUT2D eigenvalue weighted by atomic mass is 35.5. The van der Waals surface area contributed by atoms with Crippen LogP contribution >= 0.6 is 20.0 Å². The lowest BCUT2D eigenvalue weighted by molar-refractivity contribution is 0.143. The number of hydrogen-bond acceptors (Lipinski definition) is 4. The Morgan fingerprint density at radius 2 is 1.46 bits per heavy atom. The van der Waals surface area contributed by atoms with E-state index in [0.717, 1.165) is 0 Å². The molecular formula is C7H19ClNO3P. The minimum Gasteiger partial charge on any atom is -0.320 e. The molecule has 0 spiro atoms. The van der Waals surface area contributed by atoms with Crippen molar-refractivity contribution >= 4 is 20.0 Å². The van der Waals surface area contributed by atoms with Crippen molar-refractivity contribution in [2.75, 3.05) is 6.29 Å². The average Bonchev–Trinajstić information content (AvgIpc) is 1.83. The van der Waals surface area contributed by atoms with Crippen LogP contribution in [0.1, 0.15) is 27.7 Å². The van der Waals surface area contributed by atoms with Gasteiger partial charge in [-0.1, -0.05) is 0 Å². The molecule has 0 aromatic rings. The fourth-order valence-electron chi connectivity index (χ4n) is 0.753. The van der Waals surface area contributed by atoms with E-state index in [4.69, 9.17) is 14.8 Å². The maximum Gasteiger partial charge on any atom is 0.344 e. The third kappa shape index (κ3) is 7.47. The van der Waals surface area contributed by atoms with Crippen molar-refractivity contribution in [3.05, 3.63) is 0 Å². The first kappa shape index (κ1) is 15.9. The van der Waals surface area contributed by atoms with Crippen molar-refractivity contribution < 1.29 is 13.6 Å². The van der Waals surface area contributed by atoms with Gasteiger partial charge >= 0.3 is 7.60 Å². The summed E-state index contributed by atoms with van der Waals surface area (Å²) in [4.78, 5) is 0. The number of hydrogen-bond donors (Lipinski definition) is 1. The minimum atomic E-state index is -3.03. The molecule has 0 aliphatic carbocycles. The van der Waals surface area contributed by atoms with Crippen molar-refractivity contribution in [1.29, 1.82) is 0 Å². The number of rotatable bonds is 5. The molecule has 82 valence electrons. The molecule has 0 saturated heterocycles. The van der Waals surface area contributed by atoms with E-state index in [1.54, 1.807) is 27.7 Å². The monoisotopic (exact) mass is 231 g/mol. The highest BCUT2D eigenvalue weighted by molar-refractivity contribution is 7.53. The van der Waals surface area contributed by atoms with E-state index in [9.17, 15) is 4.57 Å². The molecule has 4 nitrogen and oxygen atoms in total. The van der Waals surface area contributed by atoms with E-state index in [1.807, 2.05) is 0 Å². The van der Waals surface area contributed by atoms with Crippen LogP contribution in [-0.2, 0) is 13.6 Å². The summed E-state index contributed by atoms with van der Waals surface area (Å²) in [5, 5.41) is 0. The first-order valence-corrected chi connectivity index (χ1v) is 5.78. The second-order valence-corrected chi connectivity index (χ2v) is 5.11. The summed E-state index contributed by atoms with van der Waals surface area (Å²) < 4.78 is 21.8. The fraction of sp³-hybridized carbons (Fsp3) is 1.00. The lowest BCUT2D eigenvalue weighted by Crippen LogP contribution is -2.14. The molecule has 0 saturated carbocycles. The molecule has 13 heavy (non-hydrogen) atoms. The molecule has 0 aliphatic rings. The van der Waals surface area contributed by atoms with Gasteiger partial charge in [-0.2, -0.15) is 0 Å². The Kier molecular flexibility index (Phi) is 8.29. The summed E-state index contributed by atoms with van der Waals surface area (Å²) in [6, 6.07) is 0. The maximum absolute atomic E-state index is 11.6. The molecule has 0 aliphatic heterocycles. The zero-order chi connectivity index (χ0) is 9.78. The van der Waals surface area contributed by atoms with Crippen molar-refractivity contribution in [2.24, 2.45) is 5.73 Å². The second kappa shape index (κ2) is 6.80. The smallest absolute Gasteiger partial charge is 0.320 e. The molecule has 0 bridgehead atoms. The Hall–Kier alpha value is 0.400. The third-order valence-electron chi connectivity index (χ3n) is 0.966. The molecule has 0 heterocycles. The predicted molar refractivity (Wildman–Crippen MR) is 56.4 cm³/mol. The maximum atomic E-state index is 11.6. The lowest BCUT2D eigenvalue weighted by Gasteiger charge is -2.20. The average molecular weight is 232 g/mol. The summed E-state index contributed by atoms with van der Waals surface area (Å²) in [6.45, 7) is 7.19. The predicted octanol–water partition coefficient (Wildman–Crippen LogP) is 2.37. The van der Waals surface area contributed by atoms with Gasteiger partial charge in [0.15, 0.2) is 0 Å². The van der Waals surface area contributed by atoms with Crippen molar-refractivity contribution in [2.45, 2.75) is 39.9 Å². The SMILES string of the molecule is CC(C)OP(=O)(CN)OC(C)C.Cl. The molecule has 0 radical (unpaired) electrons. The Morgan fingerprint density at radius 1 is 1.15 bits per heavy atom. The molecule has 0 unspecified atom stereocenters. The minimum absolute atomic E-state index is 0. The molecular weight excluding hydrogens is 213 g/mol. The standard InChI is InChI=1S/C7H18NO3P.ClH/c1-6(2)10-12(9,5-8)11-7(3)4;/h6-7H,5,8H2,1-4H3;1H. The van der Waals surface area contributed by atoms with Gasteiger partial charge in [0.05, 0.1) is 18.5 Å². The lowest BCUT2D eigenvalue weighted by atomic mass is 10.5. The van der Waals surface area contributed by atoms with E-state index in [2.05, 4.69) is 0 Å². The highest BCUT2D eigenvalue weighted by Crippen LogP contribution is 2.48. The summed E-state index contributed by atoms with van der Waals surface area (Å²) in [5.41, 5.74) is 5.29. The molecule has 0 amide bonds. The Balaban J connectivity index is 0.